The highest BCUT2D eigenvalue weighted by Crippen LogP contribution is 2.16. The summed E-state index contributed by atoms with van der Waals surface area (Å²) in [5.41, 5.74) is 1.07. The fourth-order valence-corrected chi connectivity index (χ4v) is 2.65. The third-order valence-corrected chi connectivity index (χ3v) is 4.01. The predicted octanol–water partition coefficient (Wildman–Crippen LogP) is 2.44. The zero-order valence-corrected chi connectivity index (χ0v) is 11.9. The molecule has 1 heterocycles. The van der Waals surface area contributed by atoms with Gasteiger partial charge >= 0.3 is 0 Å². The Morgan fingerprint density at radius 1 is 1.26 bits per heavy atom. The largest absolute Gasteiger partial charge is 0.352 e. The van der Waals surface area contributed by atoms with Gasteiger partial charge in [-0.3, -0.25) is 4.79 Å². The van der Waals surface area contributed by atoms with Crippen molar-refractivity contribution in [1.82, 2.24) is 10.6 Å². The van der Waals surface area contributed by atoms with Crippen LogP contribution in [0, 0.1) is 0 Å². The Labute approximate surface area is 115 Å². The molecule has 1 aromatic carbocycles. The van der Waals surface area contributed by atoms with E-state index in [9.17, 15) is 4.79 Å². The van der Waals surface area contributed by atoms with Gasteiger partial charge in [0.05, 0.1) is 5.92 Å². The first kappa shape index (κ1) is 14.1. The van der Waals surface area contributed by atoms with Gasteiger partial charge in [0.1, 0.15) is 0 Å². The quantitative estimate of drug-likeness (QED) is 0.873. The lowest BCUT2D eigenvalue weighted by atomic mass is 9.96. The highest BCUT2D eigenvalue weighted by atomic mass is 16.1. The van der Waals surface area contributed by atoms with Crippen molar-refractivity contribution in [1.29, 1.82) is 0 Å². The van der Waals surface area contributed by atoms with Gasteiger partial charge in [0.15, 0.2) is 0 Å². The lowest BCUT2D eigenvalue weighted by Gasteiger charge is -2.30. The van der Waals surface area contributed by atoms with E-state index in [1.807, 2.05) is 37.3 Å². The number of rotatable bonds is 4. The molecule has 2 rings (SSSR count). The predicted molar refractivity (Wildman–Crippen MR) is 78.1 cm³/mol. The minimum atomic E-state index is -0.0905. The lowest BCUT2D eigenvalue weighted by molar-refractivity contribution is -0.123. The van der Waals surface area contributed by atoms with Crippen molar-refractivity contribution in [3.63, 3.8) is 0 Å². The molecule has 3 heteroatoms. The summed E-state index contributed by atoms with van der Waals surface area (Å²) < 4.78 is 0. The molecule has 1 saturated heterocycles. The smallest absolute Gasteiger partial charge is 0.227 e. The zero-order valence-electron chi connectivity index (χ0n) is 11.9. The number of hydrogen-bond acceptors (Lipinski definition) is 2. The van der Waals surface area contributed by atoms with E-state index in [-0.39, 0.29) is 17.9 Å². The number of carbonyl (C=O) groups excluding carboxylic acids is 1. The molecule has 19 heavy (non-hydrogen) atoms. The normalized spacial score (nSPS) is 22.5. The average molecular weight is 260 g/mol. The molecule has 0 spiro atoms. The summed E-state index contributed by atoms with van der Waals surface area (Å²) in [7, 11) is 0. The van der Waals surface area contributed by atoms with Crippen LogP contribution in [0.3, 0.4) is 0 Å². The summed E-state index contributed by atoms with van der Waals surface area (Å²) in [4.78, 5) is 12.3. The van der Waals surface area contributed by atoms with Crippen molar-refractivity contribution in [2.45, 2.75) is 51.1 Å². The molecule has 0 aliphatic carbocycles. The molecule has 0 aromatic heterocycles. The van der Waals surface area contributed by atoms with Crippen molar-refractivity contribution in [3.8, 4) is 0 Å². The minimum absolute atomic E-state index is 0.0905. The fraction of sp³-hybridized carbons (Fsp3) is 0.562. The van der Waals surface area contributed by atoms with Crippen LogP contribution in [-0.2, 0) is 4.79 Å². The van der Waals surface area contributed by atoms with E-state index < -0.39 is 0 Å². The van der Waals surface area contributed by atoms with Gasteiger partial charge in [-0.15, -0.1) is 0 Å². The molecule has 3 nitrogen and oxygen atoms in total. The molecule has 1 aliphatic heterocycles. The molecular formula is C16H24N2O. The molecule has 0 saturated carbocycles. The molecule has 1 amide bonds. The van der Waals surface area contributed by atoms with Crippen LogP contribution in [0.25, 0.3) is 0 Å². The van der Waals surface area contributed by atoms with Gasteiger partial charge in [-0.2, -0.15) is 0 Å². The SMILES string of the molecule is CC(C(=O)NC(C)C1CCCCN1)c1ccccc1. The molecule has 1 aromatic rings. The summed E-state index contributed by atoms with van der Waals surface area (Å²) in [6.45, 7) is 5.13. The number of carbonyl (C=O) groups is 1. The van der Waals surface area contributed by atoms with E-state index in [1.54, 1.807) is 0 Å². The maximum Gasteiger partial charge on any atom is 0.227 e. The molecule has 0 radical (unpaired) electrons. The number of nitrogens with one attached hydrogen (secondary N) is 2. The van der Waals surface area contributed by atoms with Crippen LogP contribution in [0.15, 0.2) is 30.3 Å². The standard InChI is InChI=1S/C16H24N2O/c1-12(14-8-4-3-5-9-14)16(19)18-13(2)15-10-6-7-11-17-15/h3-5,8-9,12-13,15,17H,6-7,10-11H2,1-2H3,(H,18,19). The molecule has 0 bridgehead atoms. The zero-order chi connectivity index (χ0) is 13.7. The molecule has 2 N–H and O–H groups in total. The molecule has 3 atom stereocenters. The number of piperidine rings is 1. The third-order valence-electron chi connectivity index (χ3n) is 4.01. The van der Waals surface area contributed by atoms with Gasteiger partial charge in [-0.25, -0.2) is 0 Å². The van der Waals surface area contributed by atoms with Crippen LogP contribution in [0.5, 0.6) is 0 Å². The first-order chi connectivity index (χ1) is 9.18. The van der Waals surface area contributed by atoms with Crippen molar-refractivity contribution in [2.75, 3.05) is 6.54 Å². The second-order valence-corrected chi connectivity index (χ2v) is 5.49. The summed E-state index contributed by atoms with van der Waals surface area (Å²) in [6.07, 6.45) is 3.66. The average Bonchev–Trinajstić information content (AvgIpc) is 2.48. The van der Waals surface area contributed by atoms with Gasteiger partial charge in [0, 0.05) is 12.1 Å². The number of amides is 1. The molecule has 1 fully saturated rings. The Hall–Kier alpha value is -1.35. The van der Waals surface area contributed by atoms with Crippen LogP contribution in [0.4, 0.5) is 0 Å². The van der Waals surface area contributed by atoms with E-state index in [4.69, 9.17) is 0 Å². The summed E-state index contributed by atoms with van der Waals surface area (Å²) in [5.74, 6) is 0.0262. The lowest BCUT2D eigenvalue weighted by Crippen LogP contribution is -2.50. The Morgan fingerprint density at radius 2 is 2.00 bits per heavy atom. The van der Waals surface area contributed by atoms with E-state index in [0.717, 1.165) is 18.5 Å². The maximum absolute atomic E-state index is 12.3. The van der Waals surface area contributed by atoms with Gasteiger partial charge in [-0.1, -0.05) is 36.8 Å². The van der Waals surface area contributed by atoms with E-state index in [0.29, 0.717) is 6.04 Å². The highest BCUT2D eigenvalue weighted by molar-refractivity contribution is 5.83. The van der Waals surface area contributed by atoms with Crippen molar-refractivity contribution >= 4 is 5.91 Å². The van der Waals surface area contributed by atoms with Crippen molar-refractivity contribution in [3.05, 3.63) is 35.9 Å². The van der Waals surface area contributed by atoms with Crippen molar-refractivity contribution in [2.24, 2.45) is 0 Å². The third kappa shape index (κ3) is 3.80. The summed E-state index contributed by atoms with van der Waals surface area (Å²) in [6, 6.07) is 10.6. The molecule has 3 unspecified atom stereocenters. The van der Waals surface area contributed by atoms with Gasteiger partial charge in [-0.05, 0) is 38.8 Å². The monoisotopic (exact) mass is 260 g/mol. The van der Waals surface area contributed by atoms with E-state index >= 15 is 0 Å². The van der Waals surface area contributed by atoms with Crippen LogP contribution in [-0.4, -0.2) is 24.5 Å². The first-order valence-electron chi connectivity index (χ1n) is 7.27. The second kappa shape index (κ2) is 6.71. The number of hydrogen-bond donors (Lipinski definition) is 2. The highest BCUT2D eigenvalue weighted by Gasteiger charge is 2.23. The molecule has 1 aliphatic rings. The van der Waals surface area contributed by atoms with Crippen LogP contribution in [0.1, 0.15) is 44.6 Å². The van der Waals surface area contributed by atoms with Crippen LogP contribution < -0.4 is 10.6 Å². The fourth-order valence-electron chi connectivity index (χ4n) is 2.65. The Bertz CT molecular complexity index is 398. The molecule has 104 valence electrons. The van der Waals surface area contributed by atoms with Crippen LogP contribution in [0.2, 0.25) is 0 Å². The van der Waals surface area contributed by atoms with Gasteiger partial charge < -0.3 is 10.6 Å². The summed E-state index contributed by atoms with van der Waals surface area (Å²) >= 11 is 0. The minimum Gasteiger partial charge on any atom is -0.352 e. The van der Waals surface area contributed by atoms with Gasteiger partial charge in [0.2, 0.25) is 5.91 Å². The first-order valence-corrected chi connectivity index (χ1v) is 7.27. The Balaban J connectivity index is 1.89. The van der Waals surface area contributed by atoms with Gasteiger partial charge in [0.25, 0.3) is 0 Å². The topological polar surface area (TPSA) is 41.1 Å². The second-order valence-electron chi connectivity index (χ2n) is 5.49. The van der Waals surface area contributed by atoms with Crippen LogP contribution >= 0.6 is 0 Å². The Morgan fingerprint density at radius 3 is 2.63 bits per heavy atom. The Kier molecular flexibility index (Phi) is 4.97. The molecular weight excluding hydrogens is 236 g/mol. The number of benzene rings is 1. The van der Waals surface area contributed by atoms with E-state index in [1.165, 1.54) is 12.8 Å². The summed E-state index contributed by atoms with van der Waals surface area (Å²) in [5, 5.41) is 6.63. The maximum atomic E-state index is 12.3. The van der Waals surface area contributed by atoms with E-state index in [2.05, 4.69) is 17.6 Å². The van der Waals surface area contributed by atoms with Crippen molar-refractivity contribution < 1.29 is 4.79 Å².